The highest BCUT2D eigenvalue weighted by Gasteiger charge is 2.09. The van der Waals surface area contributed by atoms with E-state index in [0.717, 1.165) is 5.56 Å². The minimum absolute atomic E-state index is 0.0987. The van der Waals surface area contributed by atoms with E-state index in [1.165, 1.54) is 0 Å². The standard InChI is InChI=1S/C23H17Cl2NO4/c24-18-8-5-14(11-19(18)25)9-10-26-22(27)13-29-15-6-7-17-21(12-15)30-20-4-2-1-3-16(20)23(17)28/h1-8,11-12H,9-10,13H2,(H,26,27). The van der Waals surface area contributed by atoms with Crippen molar-refractivity contribution in [3.8, 4) is 5.75 Å². The summed E-state index contributed by atoms with van der Waals surface area (Å²) in [7, 11) is 0. The molecule has 0 saturated carbocycles. The predicted octanol–water partition coefficient (Wildman–Crippen LogP) is 4.99. The summed E-state index contributed by atoms with van der Waals surface area (Å²) >= 11 is 11.9. The molecule has 1 heterocycles. The Bertz CT molecular complexity index is 1300. The molecule has 4 rings (SSSR count). The molecule has 0 saturated heterocycles. The molecule has 0 aliphatic carbocycles. The van der Waals surface area contributed by atoms with Crippen LogP contribution in [0.2, 0.25) is 10.0 Å². The quantitative estimate of drug-likeness (QED) is 0.427. The lowest BCUT2D eigenvalue weighted by atomic mass is 10.1. The first kappa shape index (κ1) is 20.3. The van der Waals surface area contributed by atoms with Gasteiger partial charge < -0.3 is 14.5 Å². The highest BCUT2D eigenvalue weighted by molar-refractivity contribution is 6.42. The number of nitrogens with one attached hydrogen (secondary N) is 1. The Labute approximate surface area is 182 Å². The third-order valence-electron chi connectivity index (χ3n) is 4.64. The Kier molecular flexibility index (Phi) is 5.93. The Morgan fingerprint density at radius 1 is 0.933 bits per heavy atom. The van der Waals surface area contributed by atoms with Crippen LogP contribution in [0.1, 0.15) is 5.56 Å². The maximum absolute atomic E-state index is 12.6. The number of rotatable bonds is 6. The minimum atomic E-state index is -0.255. The van der Waals surface area contributed by atoms with Crippen LogP contribution in [0.3, 0.4) is 0 Å². The first-order valence-electron chi connectivity index (χ1n) is 9.30. The van der Waals surface area contributed by atoms with Gasteiger partial charge in [0.2, 0.25) is 5.43 Å². The first-order chi connectivity index (χ1) is 14.5. The number of ether oxygens (including phenoxy) is 1. The molecule has 30 heavy (non-hydrogen) atoms. The third-order valence-corrected chi connectivity index (χ3v) is 5.38. The van der Waals surface area contributed by atoms with Gasteiger partial charge in [-0.25, -0.2) is 0 Å². The molecule has 4 aromatic rings. The molecular formula is C23H17Cl2NO4. The van der Waals surface area contributed by atoms with E-state index >= 15 is 0 Å². The molecule has 3 aromatic carbocycles. The lowest BCUT2D eigenvalue weighted by molar-refractivity contribution is -0.123. The van der Waals surface area contributed by atoms with E-state index in [0.29, 0.717) is 50.7 Å². The summed E-state index contributed by atoms with van der Waals surface area (Å²) in [5, 5.41) is 4.77. The molecule has 0 aliphatic heterocycles. The van der Waals surface area contributed by atoms with Crippen molar-refractivity contribution in [2.24, 2.45) is 0 Å². The number of hydrogen-bond donors (Lipinski definition) is 1. The summed E-state index contributed by atoms with van der Waals surface area (Å²) in [5.41, 5.74) is 1.80. The number of para-hydroxylation sites is 1. The molecule has 0 unspecified atom stereocenters. The van der Waals surface area contributed by atoms with Gasteiger partial charge in [0, 0.05) is 12.6 Å². The Morgan fingerprint density at radius 3 is 2.57 bits per heavy atom. The molecule has 0 bridgehead atoms. The summed E-state index contributed by atoms with van der Waals surface area (Å²) in [6.07, 6.45) is 0.622. The maximum Gasteiger partial charge on any atom is 0.257 e. The molecule has 1 aromatic heterocycles. The van der Waals surface area contributed by atoms with Gasteiger partial charge in [0.05, 0.1) is 20.8 Å². The van der Waals surface area contributed by atoms with Gasteiger partial charge in [-0.1, -0.05) is 41.4 Å². The molecule has 1 amide bonds. The largest absolute Gasteiger partial charge is 0.484 e. The number of carbonyl (C=O) groups excluding carboxylic acids is 1. The van der Waals surface area contributed by atoms with Crippen molar-refractivity contribution < 1.29 is 13.9 Å². The summed E-state index contributed by atoms with van der Waals surface area (Å²) in [4.78, 5) is 24.6. The van der Waals surface area contributed by atoms with Crippen LogP contribution in [0.15, 0.2) is 69.9 Å². The van der Waals surface area contributed by atoms with Crippen molar-refractivity contribution in [3.63, 3.8) is 0 Å². The normalized spacial score (nSPS) is 11.0. The summed E-state index contributed by atoms with van der Waals surface area (Å²) < 4.78 is 11.4. The molecule has 1 N–H and O–H groups in total. The van der Waals surface area contributed by atoms with Gasteiger partial charge in [-0.3, -0.25) is 9.59 Å². The van der Waals surface area contributed by atoms with Crippen LogP contribution in [-0.2, 0) is 11.2 Å². The summed E-state index contributed by atoms with van der Waals surface area (Å²) in [6, 6.07) is 17.4. The zero-order chi connectivity index (χ0) is 21.1. The molecule has 7 heteroatoms. The van der Waals surface area contributed by atoms with E-state index in [1.807, 2.05) is 6.07 Å². The van der Waals surface area contributed by atoms with Crippen molar-refractivity contribution in [1.29, 1.82) is 0 Å². The fourth-order valence-corrected chi connectivity index (χ4v) is 3.43. The summed E-state index contributed by atoms with van der Waals surface area (Å²) in [5.74, 6) is 0.190. The Balaban J connectivity index is 1.37. The van der Waals surface area contributed by atoms with Gasteiger partial charge in [-0.2, -0.15) is 0 Å². The molecule has 0 atom stereocenters. The van der Waals surface area contributed by atoms with Gasteiger partial charge in [-0.05, 0) is 48.4 Å². The van der Waals surface area contributed by atoms with Gasteiger partial charge in [0.15, 0.2) is 6.61 Å². The van der Waals surface area contributed by atoms with E-state index in [2.05, 4.69) is 5.32 Å². The minimum Gasteiger partial charge on any atom is -0.484 e. The van der Waals surface area contributed by atoms with E-state index in [1.54, 1.807) is 54.6 Å². The highest BCUT2D eigenvalue weighted by atomic mass is 35.5. The molecule has 0 fully saturated rings. The van der Waals surface area contributed by atoms with Crippen molar-refractivity contribution >= 4 is 51.0 Å². The number of benzene rings is 3. The molecule has 152 valence electrons. The van der Waals surface area contributed by atoms with Crippen molar-refractivity contribution in [1.82, 2.24) is 5.32 Å². The average molecular weight is 442 g/mol. The lowest BCUT2D eigenvalue weighted by Gasteiger charge is -2.09. The average Bonchev–Trinajstić information content (AvgIpc) is 2.75. The second-order valence-electron chi connectivity index (χ2n) is 6.72. The van der Waals surface area contributed by atoms with Gasteiger partial charge in [-0.15, -0.1) is 0 Å². The first-order valence-corrected chi connectivity index (χ1v) is 10.1. The highest BCUT2D eigenvalue weighted by Crippen LogP contribution is 2.23. The van der Waals surface area contributed by atoms with Crippen LogP contribution in [0.25, 0.3) is 21.9 Å². The topological polar surface area (TPSA) is 68.5 Å². The van der Waals surface area contributed by atoms with Gasteiger partial charge in [0.1, 0.15) is 16.9 Å². The second kappa shape index (κ2) is 8.78. The van der Waals surface area contributed by atoms with E-state index in [9.17, 15) is 9.59 Å². The van der Waals surface area contributed by atoms with Crippen molar-refractivity contribution in [2.75, 3.05) is 13.2 Å². The van der Waals surface area contributed by atoms with Crippen molar-refractivity contribution in [3.05, 3.63) is 86.5 Å². The van der Waals surface area contributed by atoms with Crippen molar-refractivity contribution in [2.45, 2.75) is 6.42 Å². The monoisotopic (exact) mass is 441 g/mol. The zero-order valence-electron chi connectivity index (χ0n) is 15.8. The fraction of sp³-hybridized carbons (Fsp3) is 0.130. The molecule has 5 nitrogen and oxygen atoms in total. The van der Waals surface area contributed by atoms with Crippen LogP contribution in [0, 0.1) is 0 Å². The van der Waals surface area contributed by atoms with Crippen LogP contribution in [-0.4, -0.2) is 19.1 Å². The second-order valence-corrected chi connectivity index (χ2v) is 7.54. The van der Waals surface area contributed by atoms with Crippen LogP contribution in [0.5, 0.6) is 5.75 Å². The molecule has 0 radical (unpaired) electrons. The third kappa shape index (κ3) is 4.42. The number of amides is 1. The van der Waals surface area contributed by atoms with E-state index in [4.69, 9.17) is 32.4 Å². The van der Waals surface area contributed by atoms with E-state index in [-0.39, 0.29) is 17.9 Å². The lowest BCUT2D eigenvalue weighted by Crippen LogP contribution is -2.30. The fourth-order valence-electron chi connectivity index (χ4n) is 3.11. The molecule has 0 spiro atoms. The van der Waals surface area contributed by atoms with E-state index < -0.39 is 0 Å². The zero-order valence-corrected chi connectivity index (χ0v) is 17.3. The Hall–Kier alpha value is -3.02. The Morgan fingerprint density at radius 2 is 1.73 bits per heavy atom. The van der Waals surface area contributed by atoms with Crippen LogP contribution >= 0.6 is 23.2 Å². The van der Waals surface area contributed by atoms with Gasteiger partial charge in [0.25, 0.3) is 5.91 Å². The van der Waals surface area contributed by atoms with Crippen LogP contribution in [0.4, 0.5) is 0 Å². The number of fused-ring (bicyclic) bond motifs is 2. The number of halogens is 2. The smallest absolute Gasteiger partial charge is 0.257 e. The number of hydrogen-bond acceptors (Lipinski definition) is 4. The SMILES string of the molecule is O=C(COc1ccc2c(=O)c3ccccc3oc2c1)NCCc1ccc(Cl)c(Cl)c1. The maximum atomic E-state index is 12.6. The molecular weight excluding hydrogens is 425 g/mol. The molecule has 0 aliphatic rings. The van der Waals surface area contributed by atoms with Gasteiger partial charge >= 0.3 is 0 Å². The van der Waals surface area contributed by atoms with Crippen LogP contribution < -0.4 is 15.5 Å². The number of carbonyl (C=O) groups is 1. The predicted molar refractivity (Wildman–Crippen MR) is 119 cm³/mol. The summed E-state index contributed by atoms with van der Waals surface area (Å²) in [6.45, 7) is 0.295.